The van der Waals surface area contributed by atoms with Crippen molar-refractivity contribution in [3.8, 4) is 17.3 Å². The van der Waals surface area contributed by atoms with Crippen molar-refractivity contribution in [2.45, 2.75) is 37.8 Å². The second-order valence-corrected chi connectivity index (χ2v) is 8.69. The highest BCUT2D eigenvalue weighted by Crippen LogP contribution is 2.43. The molecule has 8 heteroatoms. The molecule has 2 aliphatic heterocycles. The van der Waals surface area contributed by atoms with Crippen LogP contribution in [0.3, 0.4) is 0 Å². The van der Waals surface area contributed by atoms with Crippen molar-refractivity contribution in [1.29, 1.82) is 5.26 Å². The molecule has 1 aromatic carbocycles. The van der Waals surface area contributed by atoms with Crippen LogP contribution in [0.5, 0.6) is 0 Å². The number of rotatable bonds is 3. The number of nitrogens with one attached hydrogen (secondary N) is 1. The van der Waals surface area contributed by atoms with Gasteiger partial charge in [-0.15, -0.1) is 0 Å². The monoisotopic (exact) mass is 427 g/mol. The Hall–Kier alpha value is -3.86. The van der Waals surface area contributed by atoms with Crippen LogP contribution in [0.2, 0.25) is 0 Å². The first-order chi connectivity index (χ1) is 15.5. The number of likely N-dealkylation sites (tertiary alicyclic amines) is 1. The molecular formula is C24H25N7O. The number of carbonyl (C=O) groups excluding carboxylic acids is 1. The number of nitrogens with zero attached hydrogens (tertiary/aromatic N) is 5. The Balaban J connectivity index is 1.33. The van der Waals surface area contributed by atoms with Crippen molar-refractivity contribution in [1.82, 2.24) is 25.0 Å². The molecule has 1 spiro atoms. The fourth-order valence-corrected chi connectivity index (χ4v) is 4.87. The summed E-state index contributed by atoms with van der Waals surface area (Å²) in [5.74, 6) is 0.224. The molecule has 0 saturated carbocycles. The van der Waals surface area contributed by atoms with E-state index in [0.29, 0.717) is 12.1 Å². The number of nitrogen functional groups attached to an aromatic ring is 1. The fourth-order valence-electron chi connectivity index (χ4n) is 4.87. The van der Waals surface area contributed by atoms with Gasteiger partial charge in [0.25, 0.3) is 0 Å². The lowest BCUT2D eigenvalue weighted by Crippen LogP contribution is -2.41. The van der Waals surface area contributed by atoms with E-state index in [1.165, 1.54) is 0 Å². The van der Waals surface area contributed by atoms with Crippen LogP contribution in [-0.2, 0) is 12.0 Å². The molecule has 8 nitrogen and oxygen atoms in total. The van der Waals surface area contributed by atoms with Crippen LogP contribution in [0.15, 0.2) is 48.7 Å². The van der Waals surface area contributed by atoms with Gasteiger partial charge in [-0.2, -0.15) is 10.4 Å². The number of amides is 2. The number of aryl methyl sites for hydroxylation is 1. The third kappa shape index (κ3) is 3.36. The number of aromatic nitrogens is 3. The number of anilines is 1. The first kappa shape index (κ1) is 20.1. The van der Waals surface area contributed by atoms with E-state index in [9.17, 15) is 10.1 Å². The summed E-state index contributed by atoms with van der Waals surface area (Å²) < 4.78 is 2.03. The summed E-state index contributed by atoms with van der Waals surface area (Å²) >= 11 is 0. The van der Waals surface area contributed by atoms with Crippen molar-refractivity contribution in [3.05, 3.63) is 65.5 Å². The van der Waals surface area contributed by atoms with Crippen molar-refractivity contribution < 1.29 is 4.79 Å². The number of fused-ring (bicyclic) bond motifs is 2. The van der Waals surface area contributed by atoms with Gasteiger partial charge in [0.05, 0.1) is 17.3 Å². The zero-order valence-corrected chi connectivity index (χ0v) is 18.0. The van der Waals surface area contributed by atoms with E-state index in [2.05, 4.69) is 22.4 Å². The van der Waals surface area contributed by atoms with Crippen LogP contribution in [0.1, 0.15) is 42.6 Å². The van der Waals surface area contributed by atoms with Gasteiger partial charge in [-0.25, -0.2) is 9.78 Å². The van der Waals surface area contributed by atoms with Gasteiger partial charge >= 0.3 is 6.03 Å². The number of carbonyl (C=O) groups is 1. The SMILES string of the molecule is CC(NC(=O)N1CCC2(CCn3nc(-c4cnc(N)c(C#N)c4)cc32)C1)c1ccccc1. The second kappa shape index (κ2) is 7.68. The number of pyridine rings is 1. The topological polar surface area (TPSA) is 113 Å². The van der Waals surface area contributed by atoms with Crippen LogP contribution in [0.4, 0.5) is 10.6 Å². The van der Waals surface area contributed by atoms with Gasteiger partial charge in [0.1, 0.15) is 11.9 Å². The van der Waals surface area contributed by atoms with Crippen LogP contribution >= 0.6 is 0 Å². The van der Waals surface area contributed by atoms with E-state index < -0.39 is 0 Å². The van der Waals surface area contributed by atoms with E-state index in [1.807, 2.05) is 46.8 Å². The molecule has 2 aromatic heterocycles. The van der Waals surface area contributed by atoms with E-state index >= 15 is 0 Å². The maximum atomic E-state index is 13.0. The number of benzene rings is 1. The van der Waals surface area contributed by atoms with Gasteiger partial charge in [0.15, 0.2) is 0 Å². The molecule has 2 aliphatic rings. The smallest absolute Gasteiger partial charge is 0.317 e. The Labute approximate surface area is 186 Å². The van der Waals surface area contributed by atoms with Crippen molar-refractivity contribution in [2.24, 2.45) is 0 Å². The zero-order chi connectivity index (χ0) is 22.3. The molecule has 162 valence electrons. The van der Waals surface area contributed by atoms with Gasteiger partial charge in [-0.3, -0.25) is 4.68 Å². The second-order valence-electron chi connectivity index (χ2n) is 8.69. The summed E-state index contributed by atoms with van der Waals surface area (Å²) in [4.78, 5) is 19.0. The van der Waals surface area contributed by atoms with E-state index in [-0.39, 0.29) is 23.3 Å². The lowest BCUT2D eigenvalue weighted by Gasteiger charge is -2.25. The predicted octanol–water partition coefficient (Wildman–Crippen LogP) is 3.22. The van der Waals surface area contributed by atoms with Crippen LogP contribution < -0.4 is 11.1 Å². The number of hydrogen-bond donors (Lipinski definition) is 2. The summed E-state index contributed by atoms with van der Waals surface area (Å²) in [7, 11) is 0. The summed E-state index contributed by atoms with van der Waals surface area (Å²) in [6.07, 6.45) is 3.53. The first-order valence-electron chi connectivity index (χ1n) is 10.8. The molecule has 3 aromatic rings. The van der Waals surface area contributed by atoms with Crippen LogP contribution in [0.25, 0.3) is 11.3 Å². The summed E-state index contributed by atoms with van der Waals surface area (Å²) in [6, 6.07) is 15.8. The quantitative estimate of drug-likeness (QED) is 0.666. The van der Waals surface area contributed by atoms with Crippen molar-refractivity contribution >= 4 is 11.8 Å². The Morgan fingerprint density at radius 1 is 1.25 bits per heavy atom. The number of hydrogen-bond acceptors (Lipinski definition) is 5. The maximum Gasteiger partial charge on any atom is 0.317 e. The molecule has 0 aliphatic carbocycles. The van der Waals surface area contributed by atoms with Gasteiger partial charge in [0, 0.05) is 42.5 Å². The Morgan fingerprint density at radius 3 is 2.81 bits per heavy atom. The van der Waals surface area contributed by atoms with E-state index in [1.54, 1.807) is 12.3 Å². The lowest BCUT2D eigenvalue weighted by atomic mass is 9.82. The number of urea groups is 1. The maximum absolute atomic E-state index is 13.0. The summed E-state index contributed by atoms with van der Waals surface area (Å²) in [6.45, 7) is 4.22. The summed E-state index contributed by atoms with van der Waals surface area (Å²) in [5, 5.41) is 17.1. The fraction of sp³-hybridized carbons (Fsp3) is 0.333. The van der Waals surface area contributed by atoms with Gasteiger partial charge in [-0.05, 0) is 37.5 Å². The van der Waals surface area contributed by atoms with E-state index in [4.69, 9.17) is 10.8 Å². The molecule has 2 atom stereocenters. The van der Waals surface area contributed by atoms with Crippen molar-refractivity contribution in [2.75, 3.05) is 18.8 Å². The molecule has 2 unspecified atom stereocenters. The first-order valence-corrected chi connectivity index (χ1v) is 10.8. The Morgan fingerprint density at radius 2 is 2.03 bits per heavy atom. The van der Waals surface area contributed by atoms with Gasteiger partial charge < -0.3 is 16.0 Å². The average Bonchev–Trinajstić information content (AvgIpc) is 3.51. The van der Waals surface area contributed by atoms with Crippen LogP contribution in [0, 0.1) is 11.3 Å². The minimum atomic E-state index is -0.0854. The third-order valence-electron chi connectivity index (χ3n) is 6.74. The average molecular weight is 428 g/mol. The molecule has 1 fully saturated rings. The highest BCUT2D eigenvalue weighted by atomic mass is 16.2. The summed E-state index contributed by atoms with van der Waals surface area (Å²) in [5.41, 5.74) is 9.81. The molecule has 2 amide bonds. The highest BCUT2D eigenvalue weighted by molar-refractivity contribution is 5.75. The molecule has 32 heavy (non-hydrogen) atoms. The molecule has 3 N–H and O–H groups in total. The van der Waals surface area contributed by atoms with Gasteiger partial charge in [-0.1, -0.05) is 30.3 Å². The van der Waals surface area contributed by atoms with Gasteiger partial charge in [0.2, 0.25) is 0 Å². The zero-order valence-electron chi connectivity index (χ0n) is 18.0. The molecular weight excluding hydrogens is 402 g/mol. The minimum absolute atomic E-state index is 0.0298. The predicted molar refractivity (Wildman–Crippen MR) is 120 cm³/mol. The molecule has 1 saturated heterocycles. The normalized spacial score (nSPS) is 20.2. The van der Waals surface area contributed by atoms with Crippen molar-refractivity contribution in [3.63, 3.8) is 0 Å². The Bertz CT molecular complexity index is 1210. The molecule has 4 heterocycles. The third-order valence-corrected chi connectivity index (χ3v) is 6.74. The molecule has 0 radical (unpaired) electrons. The van der Waals surface area contributed by atoms with E-state index in [0.717, 1.165) is 48.4 Å². The molecule has 0 bridgehead atoms. The van der Waals surface area contributed by atoms with Crippen LogP contribution in [-0.4, -0.2) is 38.8 Å². The molecule has 5 rings (SSSR count). The number of nitriles is 1. The minimum Gasteiger partial charge on any atom is -0.383 e. The Kier molecular flexibility index (Phi) is 4.82. The largest absolute Gasteiger partial charge is 0.383 e. The lowest BCUT2D eigenvalue weighted by molar-refractivity contribution is 0.202. The number of nitrogens with two attached hydrogens (primary N) is 1. The standard InChI is InChI=1S/C24H25N7O/c1-16(17-5-3-2-4-6-17)28-23(32)30-9-7-24(15-30)8-10-31-21(24)12-20(29-31)19-11-18(13-25)22(26)27-14-19/h2-6,11-12,14,16H,7-10,15H2,1H3,(H2,26,27)(H,28,32). The highest BCUT2D eigenvalue weighted by Gasteiger charge is 2.47.